The Bertz CT molecular complexity index is 372. The van der Waals surface area contributed by atoms with Crippen LogP contribution in [0.4, 0.5) is 11.9 Å². The molecule has 0 aromatic carbocycles. The predicted molar refractivity (Wildman–Crippen MR) is 77.7 cm³/mol. The fourth-order valence-corrected chi connectivity index (χ4v) is 1.35. The van der Waals surface area contributed by atoms with Gasteiger partial charge in [-0.25, -0.2) is 0 Å². The molecule has 1 heterocycles. The van der Waals surface area contributed by atoms with E-state index in [2.05, 4.69) is 46.4 Å². The highest BCUT2D eigenvalue weighted by Gasteiger charge is 2.07. The van der Waals surface area contributed by atoms with Crippen LogP contribution in [0.15, 0.2) is 0 Å². The second kappa shape index (κ2) is 8.50. The van der Waals surface area contributed by atoms with Gasteiger partial charge in [0.05, 0.1) is 6.61 Å². The first-order valence-corrected chi connectivity index (χ1v) is 7.06. The number of anilines is 2. The molecule has 108 valence electrons. The van der Waals surface area contributed by atoms with E-state index in [1.807, 2.05) is 6.92 Å². The Labute approximate surface area is 115 Å². The second-order valence-electron chi connectivity index (χ2n) is 4.52. The van der Waals surface area contributed by atoms with Crippen LogP contribution in [0.5, 0.6) is 6.01 Å². The van der Waals surface area contributed by atoms with Gasteiger partial charge in [0.2, 0.25) is 11.9 Å². The van der Waals surface area contributed by atoms with Gasteiger partial charge in [-0.2, -0.15) is 15.0 Å². The van der Waals surface area contributed by atoms with Crippen LogP contribution in [0, 0.1) is 5.92 Å². The Morgan fingerprint density at radius 3 is 2.32 bits per heavy atom. The van der Waals surface area contributed by atoms with E-state index in [4.69, 9.17) is 4.74 Å². The van der Waals surface area contributed by atoms with Crippen LogP contribution >= 0.6 is 0 Å². The molecule has 2 N–H and O–H groups in total. The lowest BCUT2D eigenvalue weighted by molar-refractivity contribution is 0.312. The Morgan fingerprint density at radius 2 is 1.74 bits per heavy atom. The van der Waals surface area contributed by atoms with Gasteiger partial charge in [0.1, 0.15) is 0 Å². The molecule has 0 saturated carbocycles. The van der Waals surface area contributed by atoms with Crippen molar-refractivity contribution < 1.29 is 4.74 Å². The summed E-state index contributed by atoms with van der Waals surface area (Å²) in [6.45, 7) is 10.6. The fraction of sp³-hybridized carbons (Fsp3) is 0.769. The molecule has 1 aromatic rings. The highest BCUT2D eigenvalue weighted by molar-refractivity contribution is 5.35. The minimum atomic E-state index is 0.364. The zero-order valence-electron chi connectivity index (χ0n) is 12.4. The molecular formula is C13H25N5O. The van der Waals surface area contributed by atoms with Gasteiger partial charge < -0.3 is 15.4 Å². The molecule has 0 bridgehead atoms. The highest BCUT2D eigenvalue weighted by Crippen LogP contribution is 2.12. The lowest BCUT2D eigenvalue weighted by Crippen LogP contribution is -2.15. The van der Waals surface area contributed by atoms with Crippen molar-refractivity contribution in [2.24, 2.45) is 5.92 Å². The van der Waals surface area contributed by atoms with Crippen molar-refractivity contribution in [2.75, 3.05) is 30.3 Å². The number of hydrogen-bond donors (Lipinski definition) is 2. The summed E-state index contributed by atoms with van der Waals surface area (Å²) in [4.78, 5) is 12.8. The van der Waals surface area contributed by atoms with Gasteiger partial charge in [-0.1, -0.05) is 27.2 Å². The van der Waals surface area contributed by atoms with Crippen LogP contribution in [-0.2, 0) is 0 Å². The van der Waals surface area contributed by atoms with Crippen LogP contribution in [0.2, 0.25) is 0 Å². The van der Waals surface area contributed by atoms with E-state index in [9.17, 15) is 0 Å². The van der Waals surface area contributed by atoms with E-state index in [0.29, 0.717) is 30.4 Å². The quantitative estimate of drug-likeness (QED) is 0.716. The van der Waals surface area contributed by atoms with Gasteiger partial charge in [-0.05, 0) is 19.3 Å². The van der Waals surface area contributed by atoms with Gasteiger partial charge in [0, 0.05) is 13.1 Å². The van der Waals surface area contributed by atoms with Crippen molar-refractivity contribution in [1.82, 2.24) is 15.0 Å². The molecule has 0 fully saturated rings. The maximum atomic E-state index is 5.36. The number of ether oxygens (including phenoxy) is 1. The molecule has 1 unspecified atom stereocenters. The first-order valence-electron chi connectivity index (χ1n) is 7.06. The standard InChI is InChI=1S/C13H25N5O/c1-5-8-14-11-16-12(15-9-10(4)6-2)18-13(17-11)19-7-3/h10H,5-9H2,1-4H3,(H2,14,15,16,17,18). The number of rotatable bonds is 9. The predicted octanol–water partition coefficient (Wildman–Crippen LogP) is 2.55. The molecule has 0 radical (unpaired) electrons. The molecule has 0 saturated heterocycles. The van der Waals surface area contributed by atoms with Crippen LogP contribution < -0.4 is 15.4 Å². The lowest BCUT2D eigenvalue weighted by Gasteiger charge is -2.12. The van der Waals surface area contributed by atoms with Crippen molar-refractivity contribution in [3.63, 3.8) is 0 Å². The van der Waals surface area contributed by atoms with Crippen molar-refractivity contribution in [3.8, 4) is 6.01 Å². The van der Waals surface area contributed by atoms with E-state index in [0.717, 1.165) is 25.9 Å². The fourth-order valence-electron chi connectivity index (χ4n) is 1.35. The third kappa shape index (κ3) is 5.72. The van der Waals surface area contributed by atoms with E-state index in [-0.39, 0.29) is 0 Å². The van der Waals surface area contributed by atoms with Crippen molar-refractivity contribution in [1.29, 1.82) is 0 Å². The second-order valence-corrected chi connectivity index (χ2v) is 4.52. The minimum absolute atomic E-state index is 0.364. The van der Waals surface area contributed by atoms with Gasteiger partial charge >= 0.3 is 6.01 Å². The topological polar surface area (TPSA) is 72.0 Å². The SMILES string of the molecule is CCCNc1nc(NCC(C)CC)nc(OCC)n1. The Balaban J connectivity index is 2.73. The first kappa shape index (κ1) is 15.5. The molecule has 0 amide bonds. The third-order valence-electron chi connectivity index (χ3n) is 2.73. The van der Waals surface area contributed by atoms with Crippen LogP contribution in [0.25, 0.3) is 0 Å². The molecule has 1 atom stereocenters. The van der Waals surface area contributed by atoms with Gasteiger partial charge in [-0.3, -0.25) is 0 Å². The molecule has 0 aliphatic rings. The smallest absolute Gasteiger partial charge is 0.323 e. The van der Waals surface area contributed by atoms with Crippen LogP contribution in [0.1, 0.15) is 40.5 Å². The zero-order valence-corrected chi connectivity index (χ0v) is 12.4. The molecule has 19 heavy (non-hydrogen) atoms. The molecule has 1 aromatic heterocycles. The lowest BCUT2D eigenvalue weighted by atomic mass is 10.1. The van der Waals surface area contributed by atoms with E-state index in [1.165, 1.54) is 0 Å². The van der Waals surface area contributed by atoms with Crippen molar-refractivity contribution >= 4 is 11.9 Å². The minimum Gasteiger partial charge on any atom is -0.464 e. The van der Waals surface area contributed by atoms with Gasteiger partial charge in [-0.15, -0.1) is 0 Å². The van der Waals surface area contributed by atoms with Crippen molar-refractivity contribution in [3.05, 3.63) is 0 Å². The van der Waals surface area contributed by atoms with E-state index in [1.54, 1.807) is 0 Å². The summed E-state index contributed by atoms with van der Waals surface area (Å²) in [5.74, 6) is 1.71. The summed E-state index contributed by atoms with van der Waals surface area (Å²) < 4.78 is 5.36. The van der Waals surface area contributed by atoms with Crippen LogP contribution in [0.3, 0.4) is 0 Å². The molecular weight excluding hydrogens is 242 g/mol. The average molecular weight is 267 g/mol. The number of aromatic nitrogens is 3. The maximum absolute atomic E-state index is 5.36. The highest BCUT2D eigenvalue weighted by atomic mass is 16.5. The molecule has 6 heteroatoms. The zero-order chi connectivity index (χ0) is 14.1. The summed E-state index contributed by atoms with van der Waals surface area (Å²) >= 11 is 0. The summed E-state index contributed by atoms with van der Waals surface area (Å²) in [5.41, 5.74) is 0. The van der Waals surface area contributed by atoms with Crippen molar-refractivity contribution in [2.45, 2.75) is 40.5 Å². The number of hydrogen-bond acceptors (Lipinski definition) is 6. The van der Waals surface area contributed by atoms with Gasteiger partial charge in [0.25, 0.3) is 0 Å². The van der Waals surface area contributed by atoms with Crippen LogP contribution in [-0.4, -0.2) is 34.6 Å². The normalized spacial score (nSPS) is 12.0. The Morgan fingerprint density at radius 1 is 1.05 bits per heavy atom. The third-order valence-corrected chi connectivity index (χ3v) is 2.73. The molecule has 6 nitrogen and oxygen atoms in total. The van der Waals surface area contributed by atoms with E-state index >= 15 is 0 Å². The Kier molecular flexibility index (Phi) is 6.92. The summed E-state index contributed by atoms with van der Waals surface area (Å²) in [5, 5.41) is 6.38. The Hall–Kier alpha value is -1.59. The largest absolute Gasteiger partial charge is 0.464 e. The molecule has 0 aliphatic heterocycles. The molecule has 1 rings (SSSR count). The summed E-state index contributed by atoms with van der Waals surface area (Å²) in [7, 11) is 0. The first-order chi connectivity index (χ1) is 9.19. The van der Waals surface area contributed by atoms with E-state index < -0.39 is 0 Å². The molecule has 0 aliphatic carbocycles. The maximum Gasteiger partial charge on any atom is 0.323 e. The molecule has 0 spiro atoms. The number of nitrogens with one attached hydrogen (secondary N) is 2. The van der Waals surface area contributed by atoms with Gasteiger partial charge in [0.15, 0.2) is 0 Å². The number of nitrogens with zero attached hydrogens (tertiary/aromatic N) is 3. The summed E-state index contributed by atoms with van der Waals surface area (Å²) in [6.07, 6.45) is 2.14. The summed E-state index contributed by atoms with van der Waals surface area (Å²) in [6, 6.07) is 0.364. The monoisotopic (exact) mass is 267 g/mol. The average Bonchev–Trinajstić information content (AvgIpc) is 2.42.